The molecule has 1 aliphatic heterocycles. The molecule has 1 fully saturated rings. The van der Waals surface area contributed by atoms with Crippen LogP contribution in [0.2, 0.25) is 13.1 Å². The van der Waals surface area contributed by atoms with Crippen LogP contribution in [0.1, 0.15) is 19.8 Å². The van der Waals surface area contributed by atoms with Gasteiger partial charge in [-0.3, -0.25) is 0 Å². The first-order valence-electron chi connectivity index (χ1n) is 4.60. The SMILES string of the molecule is [CH2-][Si](C)(C)N1CCC(C)CC1.[Li+]. The Balaban J connectivity index is 0.00000121. The normalized spacial score (nSPS) is 22.0. The summed E-state index contributed by atoms with van der Waals surface area (Å²) in [5.41, 5.74) is 0. The van der Waals surface area contributed by atoms with E-state index in [4.69, 9.17) is 0 Å². The van der Waals surface area contributed by atoms with Gasteiger partial charge in [-0.1, -0.05) is 20.0 Å². The van der Waals surface area contributed by atoms with Crippen LogP contribution in [0.4, 0.5) is 0 Å². The molecule has 0 aromatic rings. The average Bonchev–Trinajstić information content (AvgIpc) is 1.86. The Hall–Kier alpha value is 0.774. The van der Waals surface area contributed by atoms with Crippen molar-refractivity contribution in [2.45, 2.75) is 32.9 Å². The van der Waals surface area contributed by atoms with E-state index in [0.29, 0.717) is 0 Å². The summed E-state index contributed by atoms with van der Waals surface area (Å²) in [5, 5.41) is 0. The molecule has 1 aliphatic rings. The zero-order valence-electron chi connectivity index (χ0n) is 9.06. The third-order valence-corrected chi connectivity index (χ3v) is 4.80. The molecule has 0 saturated carbocycles. The number of rotatable bonds is 1. The van der Waals surface area contributed by atoms with E-state index in [2.05, 4.69) is 31.1 Å². The van der Waals surface area contributed by atoms with E-state index >= 15 is 0 Å². The quantitative estimate of drug-likeness (QED) is 0.378. The molecule has 0 spiro atoms. The zero-order valence-corrected chi connectivity index (χ0v) is 10.1. The molecule has 0 bridgehead atoms. The summed E-state index contributed by atoms with van der Waals surface area (Å²) in [4.78, 5) is 0. The molecule has 1 rings (SSSR count). The average molecular weight is 177 g/mol. The monoisotopic (exact) mass is 177 g/mol. The van der Waals surface area contributed by atoms with Crippen LogP contribution in [0.3, 0.4) is 0 Å². The summed E-state index contributed by atoms with van der Waals surface area (Å²) in [6.45, 7) is 13.9. The molecule has 0 atom stereocenters. The molecular weight excluding hydrogens is 157 g/mol. The first kappa shape index (κ1) is 12.8. The predicted molar refractivity (Wildman–Crippen MR) is 52.8 cm³/mol. The van der Waals surface area contributed by atoms with Crippen molar-refractivity contribution in [3.63, 3.8) is 0 Å². The molecule has 12 heavy (non-hydrogen) atoms. The molecule has 1 heterocycles. The Morgan fingerprint density at radius 2 is 1.67 bits per heavy atom. The van der Waals surface area contributed by atoms with Crippen LogP contribution >= 0.6 is 0 Å². The van der Waals surface area contributed by atoms with E-state index in [-0.39, 0.29) is 18.9 Å². The molecule has 66 valence electrons. The fourth-order valence-electron chi connectivity index (χ4n) is 1.61. The molecule has 0 aliphatic carbocycles. The van der Waals surface area contributed by atoms with Crippen molar-refractivity contribution < 1.29 is 18.9 Å². The van der Waals surface area contributed by atoms with Gasteiger partial charge < -0.3 is 11.1 Å². The van der Waals surface area contributed by atoms with Gasteiger partial charge in [-0.2, -0.15) is 0 Å². The summed E-state index contributed by atoms with van der Waals surface area (Å²) in [7, 11) is -1.20. The van der Waals surface area contributed by atoms with Gasteiger partial charge in [0.05, 0.1) is 0 Å². The van der Waals surface area contributed by atoms with Gasteiger partial charge in [0, 0.05) is 0 Å². The fourth-order valence-corrected chi connectivity index (χ4v) is 3.08. The second-order valence-corrected chi connectivity index (χ2v) is 8.74. The van der Waals surface area contributed by atoms with Crippen LogP contribution in [0.25, 0.3) is 0 Å². The van der Waals surface area contributed by atoms with E-state index in [0.717, 1.165) is 5.92 Å². The van der Waals surface area contributed by atoms with Crippen molar-refractivity contribution >= 4 is 8.24 Å². The minimum atomic E-state index is -1.20. The third kappa shape index (κ3) is 3.66. The van der Waals surface area contributed by atoms with E-state index in [1.54, 1.807) is 0 Å². The molecule has 3 heteroatoms. The largest absolute Gasteiger partial charge is 1.00 e. The van der Waals surface area contributed by atoms with E-state index in [9.17, 15) is 0 Å². The maximum absolute atomic E-state index is 4.28. The van der Waals surface area contributed by atoms with E-state index in [1.807, 2.05) is 0 Å². The van der Waals surface area contributed by atoms with Crippen molar-refractivity contribution in [3.8, 4) is 0 Å². The van der Waals surface area contributed by atoms with Crippen molar-refractivity contribution in [2.24, 2.45) is 5.92 Å². The van der Waals surface area contributed by atoms with Gasteiger partial charge in [-0.15, -0.1) is 0 Å². The molecule has 0 aromatic carbocycles. The number of hydrogen-bond donors (Lipinski definition) is 0. The van der Waals surface area contributed by atoms with Crippen LogP contribution in [0, 0.1) is 12.5 Å². The van der Waals surface area contributed by atoms with Crippen LogP contribution in [0.15, 0.2) is 0 Å². The molecule has 0 aromatic heterocycles. The number of nitrogens with zero attached hydrogens (tertiary/aromatic N) is 1. The standard InChI is InChI=1S/C9H20NSi.Li/c1-9-5-7-10(8-6-9)11(2,3)4;/h9H,2,5-8H2,1,3-4H3;/q-1;+1. The minimum Gasteiger partial charge on any atom is -0.351 e. The summed E-state index contributed by atoms with van der Waals surface area (Å²) < 4.78 is 2.62. The predicted octanol–water partition coefficient (Wildman–Crippen LogP) is -0.699. The van der Waals surface area contributed by atoms with Gasteiger partial charge in [0.25, 0.3) is 0 Å². The van der Waals surface area contributed by atoms with Crippen LogP contribution in [-0.2, 0) is 0 Å². The maximum atomic E-state index is 4.28. The van der Waals surface area contributed by atoms with Crippen molar-refractivity contribution in [3.05, 3.63) is 6.55 Å². The fraction of sp³-hybridized carbons (Fsp3) is 0.889. The third-order valence-electron chi connectivity index (χ3n) is 2.64. The molecule has 1 nitrogen and oxygen atoms in total. The Bertz CT molecular complexity index is 125. The van der Waals surface area contributed by atoms with Crippen LogP contribution in [0.5, 0.6) is 0 Å². The molecule has 0 radical (unpaired) electrons. The van der Waals surface area contributed by atoms with Gasteiger partial charge in [0.15, 0.2) is 0 Å². The first-order valence-corrected chi connectivity index (χ1v) is 7.76. The second kappa shape index (κ2) is 4.86. The summed E-state index contributed by atoms with van der Waals surface area (Å²) in [5.74, 6) is 0.947. The Morgan fingerprint density at radius 3 is 2.00 bits per heavy atom. The Kier molecular flexibility index (Phi) is 5.17. The molecule has 0 N–H and O–H groups in total. The van der Waals surface area contributed by atoms with E-state index < -0.39 is 8.24 Å². The first-order chi connectivity index (χ1) is 5.00. The van der Waals surface area contributed by atoms with Crippen molar-refractivity contribution in [1.82, 2.24) is 4.57 Å². The van der Waals surface area contributed by atoms with Gasteiger partial charge in [0.2, 0.25) is 0 Å². The van der Waals surface area contributed by atoms with E-state index in [1.165, 1.54) is 25.9 Å². The number of piperidine rings is 1. The van der Waals surface area contributed by atoms with Crippen molar-refractivity contribution in [2.75, 3.05) is 13.1 Å². The zero-order chi connectivity index (χ0) is 8.48. The van der Waals surface area contributed by atoms with Gasteiger partial charge in [-0.05, 0) is 40.1 Å². The maximum Gasteiger partial charge on any atom is 1.00 e. The topological polar surface area (TPSA) is 3.24 Å². The van der Waals surface area contributed by atoms with Crippen molar-refractivity contribution in [1.29, 1.82) is 0 Å². The molecule has 0 amide bonds. The number of hydrogen-bond acceptors (Lipinski definition) is 1. The van der Waals surface area contributed by atoms with Crippen LogP contribution < -0.4 is 18.9 Å². The Morgan fingerprint density at radius 1 is 1.25 bits per heavy atom. The summed E-state index contributed by atoms with van der Waals surface area (Å²) >= 11 is 0. The second-order valence-electron chi connectivity index (χ2n) is 4.48. The summed E-state index contributed by atoms with van der Waals surface area (Å²) in [6.07, 6.45) is 2.76. The molecular formula is C9H20LiNSi. The van der Waals surface area contributed by atoms with Crippen LogP contribution in [-0.4, -0.2) is 25.9 Å². The molecule has 1 saturated heterocycles. The molecule has 0 unspecified atom stereocenters. The smallest absolute Gasteiger partial charge is 0.351 e. The van der Waals surface area contributed by atoms with Gasteiger partial charge in [-0.25, -0.2) is 0 Å². The Labute approximate surface area is 90.2 Å². The van der Waals surface area contributed by atoms with Gasteiger partial charge >= 0.3 is 18.9 Å². The van der Waals surface area contributed by atoms with Gasteiger partial charge in [0.1, 0.15) is 0 Å². The summed E-state index contributed by atoms with van der Waals surface area (Å²) in [6, 6.07) is 0. The minimum absolute atomic E-state index is 0.